The summed E-state index contributed by atoms with van der Waals surface area (Å²) in [7, 11) is 0. The second-order valence-corrected chi connectivity index (χ2v) is 3.23. The third-order valence-corrected chi connectivity index (χ3v) is 1.80. The molecule has 0 heterocycles. The van der Waals surface area contributed by atoms with E-state index in [1.54, 1.807) is 0 Å². The van der Waals surface area contributed by atoms with Crippen LogP contribution < -0.4 is 0 Å². The molecule has 0 aromatic rings. The third kappa shape index (κ3) is 12.7. The van der Waals surface area contributed by atoms with Gasteiger partial charge in [-0.25, -0.2) is 0 Å². The van der Waals surface area contributed by atoms with Crippen LogP contribution in [0.5, 0.6) is 0 Å². The van der Waals surface area contributed by atoms with Crippen molar-refractivity contribution in [1.29, 1.82) is 0 Å². The molecule has 0 unspecified atom stereocenters. The standard InChI is InChI=1S/C13H20O2/c1-2-3-4-5-6-7-8-9-10-11-12-13(14)15/h3-4,6-7,9-10H,2,5,8,11-12H2,1H3,(H,14,15)/b4-3+,7-6-,10-9+. The molecule has 0 rings (SSSR count). The van der Waals surface area contributed by atoms with Gasteiger partial charge in [-0.1, -0.05) is 43.4 Å². The van der Waals surface area contributed by atoms with E-state index in [1.807, 2.05) is 12.2 Å². The molecule has 0 atom stereocenters. The highest BCUT2D eigenvalue weighted by atomic mass is 16.4. The van der Waals surface area contributed by atoms with Crippen molar-refractivity contribution < 1.29 is 9.90 Å². The van der Waals surface area contributed by atoms with Gasteiger partial charge in [0.05, 0.1) is 0 Å². The Labute approximate surface area is 92.0 Å². The van der Waals surface area contributed by atoms with Gasteiger partial charge >= 0.3 is 5.97 Å². The van der Waals surface area contributed by atoms with Gasteiger partial charge < -0.3 is 5.11 Å². The molecule has 0 aliphatic rings. The predicted octanol–water partition coefficient (Wildman–Crippen LogP) is 3.71. The minimum Gasteiger partial charge on any atom is -0.481 e. The molecule has 0 amide bonds. The number of rotatable bonds is 8. The van der Waals surface area contributed by atoms with Crippen LogP contribution in [-0.2, 0) is 4.79 Å². The number of carboxylic acids is 1. The lowest BCUT2D eigenvalue weighted by atomic mass is 10.2. The normalized spacial score (nSPS) is 12.1. The van der Waals surface area contributed by atoms with Crippen molar-refractivity contribution >= 4 is 5.97 Å². The Morgan fingerprint density at radius 2 is 1.53 bits per heavy atom. The van der Waals surface area contributed by atoms with Crippen LogP contribution in [0.3, 0.4) is 0 Å². The van der Waals surface area contributed by atoms with Gasteiger partial charge in [-0.2, -0.15) is 0 Å². The number of hydrogen-bond donors (Lipinski definition) is 1. The molecule has 0 radical (unpaired) electrons. The maximum atomic E-state index is 10.2. The number of aliphatic carboxylic acids is 1. The van der Waals surface area contributed by atoms with Crippen LogP contribution in [0.4, 0.5) is 0 Å². The maximum absolute atomic E-state index is 10.2. The van der Waals surface area contributed by atoms with Crippen LogP contribution in [-0.4, -0.2) is 11.1 Å². The minimum absolute atomic E-state index is 0.222. The summed E-state index contributed by atoms with van der Waals surface area (Å²) in [5, 5.41) is 8.38. The minimum atomic E-state index is -0.736. The van der Waals surface area contributed by atoms with E-state index in [1.165, 1.54) is 0 Å². The Hall–Kier alpha value is -1.31. The van der Waals surface area contributed by atoms with E-state index in [2.05, 4.69) is 31.2 Å². The monoisotopic (exact) mass is 208 g/mol. The number of allylic oxidation sites excluding steroid dienone is 6. The lowest BCUT2D eigenvalue weighted by Crippen LogP contribution is -1.91. The van der Waals surface area contributed by atoms with Crippen molar-refractivity contribution in [2.24, 2.45) is 0 Å². The molecule has 0 aromatic heterocycles. The molecule has 0 aliphatic carbocycles. The zero-order chi connectivity index (χ0) is 11.4. The zero-order valence-corrected chi connectivity index (χ0v) is 9.36. The molecule has 0 saturated carbocycles. The average Bonchev–Trinajstić information content (AvgIpc) is 2.20. The number of carboxylic acid groups (broad SMARTS) is 1. The first kappa shape index (κ1) is 13.7. The fourth-order valence-corrected chi connectivity index (χ4v) is 1.03. The highest BCUT2D eigenvalue weighted by molar-refractivity contribution is 5.66. The molecule has 0 bridgehead atoms. The Kier molecular flexibility index (Phi) is 9.83. The fraction of sp³-hybridized carbons (Fsp3) is 0.462. The summed E-state index contributed by atoms with van der Waals surface area (Å²) in [5.41, 5.74) is 0. The molecule has 2 nitrogen and oxygen atoms in total. The first-order valence-corrected chi connectivity index (χ1v) is 5.44. The largest absolute Gasteiger partial charge is 0.481 e. The van der Waals surface area contributed by atoms with Crippen LogP contribution in [0.25, 0.3) is 0 Å². The molecule has 1 N–H and O–H groups in total. The van der Waals surface area contributed by atoms with Crippen LogP contribution in [0, 0.1) is 0 Å². The van der Waals surface area contributed by atoms with E-state index < -0.39 is 5.97 Å². The van der Waals surface area contributed by atoms with E-state index >= 15 is 0 Å². The zero-order valence-electron chi connectivity index (χ0n) is 9.36. The first-order valence-electron chi connectivity index (χ1n) is 5.44. The SMILES string of the molecule is CC/C=C/C/C=C\C/C=C/CCC(=O)O. The molecule has 15 heavy (non-hydrogen) atoms. The van der Waals surface area contributed by atoms with E-state index in [-0.39, 0.29) is 6.42 Å². The van der Waals surface area contributed by atoms with Crippen LogP contribution >= 0.6 is 0 Å². The van der Waals surface area contributed by atoms with E-state index in [4.69, 9.17) is 5.11 Å². The molecule has 0 fully saturated rings. The quantitative estimate of drug-likeness (QED) is 0.617. The van der Waals surface area contributed by atoms with Gasteiger partial charge in [-0.3, -0.25) is 4.79 Å². The first-order chi connectivity index (χ1) is 7.27. The number of hydrogen-bond acceptors (Lipinski definition) is 1. The van der Waals surface area contributed by atoms with Gasteiger partial charge in [0.1, 0.15) is 0 Å². The fourth-order valence-electron chi connectivity index (χ4n) is 1.03. The molecular weight excluding hydrogens is 188 g/mol. The molecule has 2 heteroatoms. The van der Waals surface area contributed by atoms with Crippen molar-refractivity contribution in [2.75, 3.05) is 0 Å². The lowest BCUT2D eigenvalue weighted by Gasteiger charge is -1.86. The molecule has 0 saturated heterocycles. The summed E-state index contributed by atoms with van der Waals surface area (Å²) in [6, 6.07) is 0. The highest BCUT2D eigenvalue weighted by Gasteiger charge is 1.90. The maximum Gasteiger partial charge on any atom is 0.303 e. The smallest absolute Gasteiger partial charge is 0.303 e. The van der Waals surface area contributed by atoms with Crippen LogP contribution in [0.15, 0.2) is 36.5 Å². The second kappa shape index (κ2) is 10.8. The van der Waals surface area contributed by atoms with Crippen LogP contribution in [0.2, 0.25) is 0 Å². The van der Waals surface area contributed by atoms with Gasteiger partial charge in [0.2, 0.25) is 0 Å². The van der Waals surface area contributed by atoms with Gasteiger partial charge in [-0.05, 0) is 25.7 Å². The Morgan fingerprint density at radius 1 is 1.00 bits per heavy atom. The van der Waals surface area contributed by atoms with E-state index in [9.17, 15) is 4.79 Å². The molecule has 0 aliphatic heterocycles. The van der Waals surface area contributed by atoms with Crippen molar-refractivity contribution in [3.05, 3.63) is 36.5 Å². The van der Waals surface area contributed by atoms with E-state index in [0.717, 1.165) is 19.3 Å². The van der Waals surface area contributed by atoms with E-state index in [0.29, 0.717) is 6.42 Å². The summed E-state index contributed by atoms with van der Waals surface area (Å²) < 4.78 is 0. The van der Waals surface area contributed by atoms with Gasteiger partial charge in [0.25, 0.3) is 0 Å². The molecule has 0 spiro atoms. The second-order valence-electron chi connectivity index (χ2n) is 3.23. The summed E-state index contributed by atoms with van der Waals surface area (Å²) in [6.45, 7) is 2.12. The van der Waals surface area contributed by atoms with Crippen molar-refractivity contribution in [3.8, 4) is 0 Å². The van der Waals surface area contributed by atoms with Crippen LogP contribution in [0.1, 0.15) is 39.0 Å². The van der Waals surface area contributed by atoms with Crippen molar-refractivity contribution in [2.45, 2.75) is 39.0 Å². The molecular formula is C13H20O2. The Balaban J connectivity index is 3.36. The third-order valence-electron chi connectivity index (χ3n) is 1.80. The van der Waals surface area contributed by atoms with Crippen molar-refractivity contribution in [1.82, 2.24) is 0 Å². The molecule has 84 valence electrons. The number of carbonyl (C=O) groups is 1. The topological polar surface area (TPSA) is 37.3 Å². The summed E-state index contributed by atoms with van der Waals surface area (Å²) in [4.78, 5) is 10.2. The highest BCUT2D eigenvalue weighted by Crippen LogP contribution is 1.95. The lowest BCUT2D eigenvalue weighted by molar-refractivity contribution is -0.136. The summed E-state index contributed by atoms with van der Waals surface area (Å²) in [5.74, 6) is -0.736. The summed E-state index contributed by atoms with van der Waals surface area (Å²) >= 11 is 0. The Morgan fingerprint density at radius 3 is 2.07 bits per heavy atom. The average molecular weight is 208 g/mol. The molecule has 0 aromatic carbocycles. The van der Waals surface area contributed by atoms with Gasteiger partial charge in [0.15, 0.2) is 0 Å². The van der Waals surface area contributed by atoms with Crippen molar-refractivity contribution in [3.63, 3.8) is 0 Å². The Bertz CT molecular complexity index is 237. The van der Waals surface area contributed by atoms with Gasteiger partial charge in [0, 0.05) is 6.42 Å². The summed E-state index contributed by atoms with van der Waals surface area (Å²) in [6.07, 6.45) is 16.2. The van der Waals surface area contributed by atoms with Gasteiger partial charge in [-0.15, -0.1) is 0 Å². The predicted molar refractivity (Wildman–Crippen MR) is 63.8 cm³/mol.